The van der Waals surface area contributed by atoms with Crippen molar-refractivity contribution in [1.29, 1.82) is 0 Å². The first-order valence-corrected chi connectivity index (χ1v) is 10.1. The maximum atomic E-state index is 12.8. The number of ether oxygens (including phenoxy) is 1. The second-order valence-electron chi connectivity index (χ2n) is 6.31. The summed E-state index contributed by atoms with van der Waals surface area (Å²) in [7, 11) is -2.28. The number of carboxylic acid groups (broad SMARTS) is 1. The van der Waals surface area contributed by atoms with Crippen LogP contribution in [0.25, 0.3) is 0 Å². The molecular weight excluding hydrogens is 384 g/mol. The molecule has 0 atom stereocenters. The summed E-state index contributed by atoms with van der Waals surface area (Å²) in [5.41, 5.74) is 0.546. The van der Waals surface area contributed by atoms with Gasteiger partial charge in [-0.1, -0.05) is 0 Å². The van der Waals surface area contributed by atoms with E-state index in [1.54, 1.807) is 0 Å². The van der Waals surface area contributed by atoms with Crippen LogP contribution in [0.15, 0.2) is 47.4 Å². The van der Waals surface area contributed by atoms with Gasteiger partial charge in [0.05, 0.1) is 23.1 Å². The van der Waals surface area contributed by atoms with Gasteiger partial charge in [0.1, 0.15) is 5.75 Å². The zero-order chi connectivity index (χ0) is 20.3. The quantitative estimate of drug-likeness (QED) is 0.765. The average Bonchev–Trinajstić information content (AvgIpc) is 3.23. The molecule has 8 nitrogen and oxygen atoms in total. The lowest BCUT2D eigenvalue weighted by Gasteiger charge is -2.17. The fraction of sp³-hybridized carbons (Fsp3) is 0.263. The minimum Gasteiger partial charge on any atom is -0.496 e. The van der Waals surface area contributed by atoms with Crippen LogP contribution in [0.1, 0.15) is 33.6 Å². The number of hydrogen-bond donors (Lipinski definition) is 2. The van der Waals surface area contributed by atoms with Gasteiger partial charge in [-0.2, -0.15) is 4.31 Å². The van der Waals surface area contributed by atoms with Crippen LogP contribution in [0, 0.1) is 0 Å². The molecule has 0 saturated carbocycles. The Morgan fingerprint density at radius 1 is 1.07 bits per heavy atom. The van der Waals surface area contributed by atoms with Crippen LogP contribution in [0.4, 0.5) is 5.69 Å². The summed E-state index contributed by atoms with van der Waals surface area (Å²) in [4.78, 5) is 23.6. The molecule has 0 spiro atoms. The molecule has 1 fully saturated rings. The molecule has 2 aromatic carbocycles. The van der Waals surface area contributed by atoms with Gasteiger partial charge in [-0.15, -0.1) is 0 Å². The lowest BCUT2D eigenvalue weighted by atomic mass is 10.1. The molecule has 2 N–H and O–H groups in total. The van der Waals surface area contributed by atoms with E-state index >= 15 is 0 Å². The maximum Gasteiger partial charge on any atom is 0.335 e. The maximum absolute atomic E-state index is 12.8. The SMILES string of the molecule is COc1ccc(S(=O)(=O)N2CCCC2)cc1C(=O)Nc1ccc(C(=O)O)cc1. The molecule has 2 aromatic rings. The first-order valence-electron chi connectivity index (χ1n) is 8.66. The molecule has 3 rings (SSSR count). The number of nitrogens with one attached hydrogen (secondary N) is 1. The Hall–Kier alpha value is -2.91. The van der Waals surface area contributed by atoms with Crippen molar-refractivity contribution in [1.82, 2.24) is 4.31 Å². The molecule has 1 saturated heterocycles. The Bertz CT molecular complexity index is 996. The number of methoxy groups -OCH3 is 1. The predicted octanol–water partition coefficient (Wildman–Crippen LogP) is 2.43. The number of amides is 1. The van der Waals surface area contributed by atoms with Crippen LogP contribution in [-0.4, -0.2) is 49.9 Å². The number of benzene rings is 2. The third kappa shape index (κ3) is 4.00. The first kappa shape index (κ1) is 19.8. The predicted molar refractivity (Wildman–Crippen MR) is 102 cm³/mol. The lowest BCUT2D eigenvalue weighted by Crippen LogP contribution is -2.28. The molecule has 0 aliphatic carbocycles. The van der Waals surface area contributed by atoms with E-state index in [2.05, 4.69) is 5.32 Å². The van der Waals surface area contributed by atoms with E-state index < -0.39 is 21.9 Å². The van der Waals surface area contributed by atoms with Crippen molar-refractivity contribution < 1.29 is 27.9 Å². The standard InChI is InChI=1S/C19H20N2O6S/c1-27-17-9-8-15(28(25,26)21-10-2-3-11-21)12-16(17)18(22)20-14-6-4-13(5-7-14)19(23)24/h4-9,12H,2-3,10-11H2,1H3,(H,20,22)(H,23,24). The first-order chi connectivity index (χ1) is 13.3. The van der Waals surface area contributed by atoms with Crippen molar-refractivity contribution in [3.63, 3.8) is 0 Å². The van der Waals surface area contributed by atoms with Crippen LogP contribution in [-0.2, 0) is 10.0 Å². The highest BCUT2D eigenvalue weighted by atomic mass is 32.2. The lowest BCUT2D eigenvalue weighted by molar-refractivity contribution is 0.0696. The summed E-state index contributed by atoms with van der Waals surface area (Å²) < 4.78 is 32.1. The largest absolute Gasteiger partial charge is 0.496 e. The van der Waals surface area contributed by atoms with Crippen LogP contribution in [0.5, 0.6) is 5.75 Å². The zero-order valence-corrected chi connectivity index (χ0v) is 16.0. The van der Waals surface area contributed by atoms with Crippen LogP contribution in [0.2, 0.25) is 0 Å². The smallest absolute Gasteiger partial charge is 0.335 e. The third-order valence-corrected chi connectivity index (χ3v) is 6.40. The van der Waals surface area contributed by atoms with Gasteiger partial charge in [0.25, 0.3) is 5.91 Å². The highest BCUT2D eigenvalue weighted by Crippen LogP contribution is 2.27. The van der Waals surface area contributed by atoms with Gasteiger partial charge in [0, 0.05) is 18.8 Å². The number of carboxylic acids is 1. The number of hydrogen-bond acceptors (Lipinski definition) is 5. The number of aromatic carboxylic acids is 1. The van der Waals surface area contributed by atoms with Crippen molar-refractivity contribution in [2.45, 2.75) is 17.7 Å². The van der Waals surface area contributed by atoms with Gasteiger partial charge in [-0.25, -0.2) is 13.2 Å². The second kappa shape index (κ2) is 7.99. The summed E-state index contributed by atoms with van der Waals surface area (Å²) in [6.07, 6.45) is 1.63. The average molecular weight is 404 g/mol. The van der Waals surface area contributed by atoms with E-state index in [0.717, 1.165) is 12.8 Å². The van der Waals surface area contributed by atoms with E-state index in [1.807, 2.05) is 0 Å². The fourth-order valence-electron chi connectivity index (χ4n) is 3.00. The van der Waals surface area contributed by atoms with Crippen LogP contribution in [0.3, 0.4) is 0 Å². The van der Waals surface area contributed by atoms with Crippen molar-refractivity contribution in [3.05, 3.63) is 53.6 Å². The third-order valence-electron chi connectivity index (χ3n) is 4.51. The highest BCUT2D eigenvalue weighted by Gasteiger charge is 2.28. The molecule has 0 aromatic heterocycles. The Labute approximate surface area is 162 Å². The van der Waals surface area contributed by atoms with Crippen molar-refractivity contribution in [2.75, 3.05) is 25.5 Å². The Balaban J connectivity index is 1.89. The molecule has 1 heterocycles. The number of carbonyl (C=O) groups is 2. The summed E-state index contributed by atoms with van der Waals surface area (Å²) >= 11 is 0. The van der Waals surface area contributed by atoms with Crippen molar-refractivity contribution in [3.8, 4) is 5.75 Å². The Kier molecular flexibility index (Phi) is 5.66. The molecule has 0 bridgehead atoms. The van der Waals surface area contributed by atoms with E-state index in [0.29, 0.717) is 18.8 Å². The summed E-state index contributed by atoms with van der Waals surface area (Å²) in [5.74, 6) is -1.39. The van der Waals surface area contributed by atoms with Gasteiger partial charge < -0.3 is 15.2 Å². The number of nitrogens with zero attached hydrogens (tertiary/aromatic N) is 1. The molecule has 148 valence electrons. The van der Waals surface area contributed by atoms with E-state index in [4.69, 9.17) is 9.84 Å². The van der Waals surface area contributed by atoms with Crippen LogP contribution >= 0.6 is 0 Å². The molecule has 0 radical (unpaired) electrons. The van der Waals surface area contributed by atoms with Crippen LogP contribution < -0.4 is 10.1 Å². The van der Waals surface area contributed by atoms with Crippen molar-refractivity contribution >= 4 is 27.6 Å². The van der Waals surface area contributed by atoms with E-state index in [9.17, 15) is 18.0 Å². The van der Waals surface area contributed by atoms with Crippen molar-refractivity contribution in [2.24, 2.45) is 0 Å². The monoisotopic (exact) mass is 404 g/mol. The summed E-state index contributed by atoms with van der Waals surface area (Å²) in [6, 6.07) is 9.81. The minimum atomic E-state index is -3.68. The molecule has 9 heteroatoms. The number of rotatable bonds is 6. The Morgan fingerprint density at radius 2 is 1.71 bits per heavy atom. The normalized spacial score (nSPS) is 14.6. The van der Waals surface area contributed by atoms with E-state index in [-0.39, 0.29) is 21.8 Å². The summed E-state index contributed by atoms with van der Waals surface area (Å²) in [5, 5.41) is 11.6. The number of anilines is 1. The van der Waals surface area contributed by atoms with Gasteiger partial charge in [-0.05, 0) is 55.3 Å². The molecular formula is C19H20N2O6S. The Morgan fingerprint density at radius 3 is 2.29 bits per heavy atom. The fourth-order valence-corrected chi connectivity index (χ4v) is 4.54. The van der Waals surface area contributed by atoms with Gasteiger partial charge in [0.15, 0.2) is 0 Å². The van der Waals surface area contributed by atoms with Gasteiger partial charge in [0.2, 0.25) is 10.0 Å². The second-order valence-corrected chi connectivity index (χ2v) is 8.25. The molecule has 1 aliphatic rings. The molecule has 1 aliphatic heterocycles. The molecule has 28 heavy (non-hydrogen) atoms. The van der Waals surface area contributed by atoms with Gasteiger partial charge >= 0.3 is 5.97 Å². The summed E-state index contributed by atoms with van der Waals surface area (Å²) in [6.45, 7) is 0.928. The minimum absolute atomic E-state index is 0.0292. The topological polar surface area (TPSA) is 113 Å². The number of carbonyl (C=O) groups excluding carboxylic acids is 1. The number of sulfonamides is 1. The molecule has 1 amide bonds. The van der Waals surface area contributed by atoms with Gasteiger partial charge in [-0.3, -0.25) is 4.79 Å². The molecule has 0 unspecified atom stereocenters. The highest BCUT2D eigenvalue weighted by molar-refractivity contribution is 7.89. The van der Waals surface area contributed by atoms with E-state index in [1.165, 1.54) is 53.9 Å². The zero-order valence-electron chi connectivity index (χ0n) is 15.2.